The fraction of sp³-hybridized carbons (Fsp3) is 0.611. The van der Waals surface area contributed by atoms with Crippen molar-refractivity contribution < 1.29 is 4.79 Å². The van der Waals surface area contributed by atoms with Crippen LogP contribution in [0.25, 0.3) is 0 Å². The molecule has 0 radical (unpaired) electrons. The fourth-order valence-electron chi connectivity index (χ4n) is 3.00. The van der Waals surface area contributed by atoms with Gasteiger partial charge in [-0.2, -0.15) is 0 Å². The minimum Gasteiger partial charge on any atom is -0.353 e. The summed E-state index contributed by atoms with van der Waals surface area (Å²) in [6, 6.07) is 9.13. The zero-order chi connectivity index (χ0) is 13.9. The van der Waals surface area contributed by atoms with E-state index in [-0.39, 0.29) is 5.91 Å². The normalized spacial score (nSPS) is 18.3. The summed E-state index contributed by atoms with van der Waals surface area (Å²) in [6.45, 7) is 2.10. The van der Waals surface area contributed by atoms with Crippen molar-refractivity contribution in [1.82, 2.24) is 5.32 Å². The Balaban J connectivity index is 1.39. The Labute approximate surface area is 122 Å². The van der Waals surface area contributed by atoms with E-state index in [1.165, 1.54) is 36.8 Å². The third kappa shape index (κ3) is 3.84. The van der Waals surface area contributed by atoms with Crippen LogP contribution in [0.1, 0.15) is 49.7 Å². The number of hydrogen-bond acceptors (Lipinski definition) is 1. The van der Waals surface area contributed by atoms with E-state index >= 15 is 0 Å². The highest BCUT2D eigenvalue weighted by Crippen LogP contribution is 2.44. The summed E-state index contributed by atoms with van der Waals surface area (Å²) in [6.07, 6.45) is 7.93. The Morgan fingerprint density at radius 3 is 2.30 bits per heavy atom. The van der Waals surface area contributed by atoms with Crippen LogP contribution in [0.4, 0.5) is 0 Å². The van der Waals surface area contributed by atoms with E-state index in [1.807, 2.05) is 0 Å². The molecule has 2 heteroatoms. The summed E-state index contributed by atoms with van der Waals surface area (Å²) < 4.78 is 0. The van der Waals surface area contributed by atoms with E-state index in [0.717, 1.165) is 24.7 Å². The lowest BCUT2D eigenvalue weighted by molar-refractivity contribution is -0.122. The Morgan fingerprint density at radius 1 is 1.15 bits per heavy atom. The molecule has 0 saturated heterocycles. The van der Waals surface area contributed by atoms with Crippen LogP contribution in [0, 0.1) is 18.8 Å². The third-order valence-electron chi connectivity index (χ3n) is 4.58. The number of hydrogen-bond donors (Lipinski definition) is 1. The summed E-state index contributed by atoms with van der Waals surface area (Å²) in [4.78, 5) is 12.1. The molecule has 0 unspecified atom stereocenters. The van der Waals surface area contributed by atoms with Crippen LogP contribution in [0.5, 0.6) is 0 Å². The molecule has 3 rings (SSSR count). The standard InChI is InChI=1S/C18H25NO/c1-13-5-7-14(8-6-13)3-2-4-17(20)19-18(15-9-10-15)16-11-12-16/h5-8,15-16,18H,2-4,9-12H2,1H3,(H,19,20). The molecule has 0 spiro atoms. The van der Waals surface area contributed by atoms with Gasteiger partial charge in [0.15, 0.2) is 0 Å². The van der Waals surface area contributed by atoms with Gasteiger partial charge in [-0.15, -0.1) is 0 Å². The van der Waals surface area contributed by atoms with Gasteiger partial charge in [0.25, 0.3) is 0 Å². The Bertz CT molecular complexity index is 445. The van der Waals surface area contributed by atoms with E-state index in [9.17, 15) is 4.79 Å². The lowest BCUT2D eigenvalue weighted by Gasteiger charge is -2.17. The minimum absolute atomic E-state index is 0.265. The van der Waals surface area contributed by atoms with E-state index < -0.39 is 0 Å². The van der Waals surface area contributed by atoms with Crippen molar-refractivity contribution in [3.63, 3.8) is 0 Å². The lowest BCUT2D eigenvalue weighted by Crippen LogP contribution is -2.37. The molecule has 108 valence electrons. The van der Waals surface area contributed by atoms with Gasteiger partial charge in [0, 0.05) is 12.5 Å². The quantitative estimate of drug-likeness (QED) is 0.806. The second-order valence-corrected chi connectivity index (χ2v) is 6.61. The maximum atomic E-state index is 12.1. The molecule has 1 aromatic rings. The van der Waals surface area contributed by atoms with Crippen LogP contribution in [0.2, 0.25) is 0 Å². The number of amides is 1. The first kappa shape index (κ1) is 13.7. The Morgan fingerprint density at radius 2 is 1.75 bits per heavy atom. The minimum atomic E-state index is 0.265. The smallest absolute Gasteiger partial charge is 0.220 e. The highest BCUT2D eigenvalue weighted by molar-refractivity contribution is 5.76. The van der Waals surface area contributed by atoms with Crippen molar-refractivity contribution in [3.8, 4) is 0 Å². The van der Waals surface area contributed by atoms with Crippen LogP contribution in [0.15, 0.2) is 24.3 Å². The first-order chi connectivity index (χ1) is 9.72. The highest BCUT2D eigenvalue weighted by Gasteiger charge is 2.41. The molecule has 0 aromatic heterocycles. The molecule has 0 bridgehead atoms. The molecule has 2 nitrogen and oxygen atoms in total. The molecule has 1 aromatic carbocycles. The SMILES string of the molecule is Cc1ccc(CCCC(=O)NC(C2CC2)C2CC2)cc1. The number of rotatable bonds is 7. The van der Waals surface area contributed by atoms with Crippen molar-refractivity contribution in [3.05, 3.63) is 35.4 Å². The number of carbonyl (C=O) groups excluding carboxylic acids is 1. The Hall–Kier alpha value is -1.31. The van der Waals surface area contributed by atoms with Crippen LogP contribution in [-0.4, -0.2) is 11.9 Å². The number of benzene rings is 1. The van der Waals surface area contributed by atoms with Gasteiger partial charge in [0.2, 0.25) is 5.91 Å². The summed E-state index contributed by atoms with van der Waals surface area (Å²) in [5.41, 5.74) is 2.63. The van der Waals surface area contributed by atoms with E-state index in [4.69, 9.17) is 0 Å². The maximum Gasteiger partial charge on any atom is 0.220 e. The van der Waals surface area contributed by atoms with Gasteiger partial charge in [-0.3, -0.25) is 4.79 Å². The van der Waals surface area contributed by atoms with Crippen molar-refractivity contribution in [2.75, 3.05) is 0 Å². The molecule has 20 heavy (non-hydrogen) atoms. The van der Waals surface area contributed by atoms with Gasteiger partial charge in [-0.1, -0.05) is 29.8 Å². The van der Waals surface area contributed by atoms with Crippen LogP contribution < -0.4 is 5.32 Å². The average Bonchev–Trinajstić information content (AvgIpc) is 3.30. The molecule has 2 aliphatic rings. The number of aryl methyl sites for hydroxylation is 2. The molecular formula is C18H25NO. The summed E-state index contributed by atoms with van der Waals surface area (Å²) in [5, 5.41) is 3.30. The van der Waals surface area contributed by atoms with Crippen LogP contribution >= 0.6 is 0 Å². The predicted octanol–water partition coefficient (Wildman–Crippen LogP) is 3.62. The van der Waals surface area contributed by atoms with E-state index in [0.29, 0.717) is 12.5 Å². The average molecular weight is 271 g/mol. The zero-order valence-electron chi connectivity index (χ0n) is 12.4. The monoisotopic (exact) mass is 271 g/mol. The largest absolute Gasteiger partial charge is 0.353 e. The molecule has 2 saturated carbocycles. The second kappa shape index (κ2) is 5.99. The summed E-state index contributed by atoms with van der Waals surface area (Å²) >= 11 is 0. The van der Waals surface area contributed by atoms with Gasteiger partial charge in [-0.25, -0.2) is 0 Å². The van der Waals surface area contributed by atoms with E-state index in [2.05, 4.69) is 36.5 Å². The lowest BCUT2D eigenvalue weighted by atomic mass is 10.0. The summed E-state index contributed by atoms with van der Waals surface area (Å²) in [5.74, 6) is 1.85. The van der Waals surface area contributed by atoms with Gasteiger partial charge in [0.05, 0.1) is 0 Å². The number of carbonyl (C=O) groups is 1. The maximum absolute atomic E-state index is 12.1. The van der Waals surface area contributed by atoms with Gasteiger partial charge >= 0.3 is 0 Å². The van der Waals surface area contributed by atoms with Crippen LogP contribution in [-0.2, 0) is 11.2 Å². The van der Waals surface area contributed by atoms with Gasteiger partial charge in [0.1, 0.15) is 0 Å². The van der Waals surface area contributed by atoms with Crippen molar-refractivity contribution in [1.29, 1.82) is 0 Å². The first-order valence-electron chi connectivity index (χ1n) is 8.07. The van der Waals surface area contributed by atoms with Gasteiger partial charge < -0.3 is 5.32 Å². The Kier molecular flexibility index (Phi) is 4.09. The molecule has 2 aliphatic carbocycles. The zero-order valence-corrected chi connectivity index (χ0v) is 12.4. The molecule has 1 N–H and O–H groups in total. The molecule has 0 aliphatic heterocycles. The second-order valence-electron chi connectivity index (χ2n) is 6.61. The molecule has 0 heterocycles. The van der Waals surface area contributed by atoms with E-state index in [1.54, 1.807) is 0 Å². The fourth-order valence-corrected chi connectivity index (χ4v) is 3.00. The molecule has 1 amide bonds. The van der Waals surface area contributed by atoms with Crippen molar-refractivity contribution >= 4 is 5.91 Å². The van der Waals surface area contributed by atoms with Crippen LogP contribution in [0.3, 0.4) is 0 Å². The molecule has 0 atom stereocenters. The first-order valence-corrected chi connectivity index (χ1v) is 8.07. The van der Waals surface area contributed by atoms with Gasteiger partial charge in [-0.05, 0) is 62.8 Å². The predicted molar refractivity (Wildman–Crippen MR) is 81.5 cm³/mol. The van der Waals surface area contributed by atoms with Crippen molar-refractivity contribution in [2.24, 2.45) is 11.8 Å². The third-order valence-corrected chi connectivity index (χ3v) is 4.58. The number of nitrogens with one attached hydrogen (secondary N) is 1. The topological polar surface area (TPSA) is 29.1 Å². The molecular weight excluding hydrogens is 246 g/mol. The van der Waals surface area contributed by atoms with Crippen molar-refractivity contribution in [2.45, 2.75) is 57.9 Å². The summed E-state index contributed by atoms with van der Waals surface area (Å²) in [7, 11) is 0. The molecule has 2 fully saturated rings. The highest BCUT2D eigenvalue weighted by atomic mass is 16.1.